The van der Waals surface area contributed by atoms with Gasteiger partial charge < -0.3 is 9.32 Å². The Kier molecular flexibility index (Phi) is 4.30. The van der Waals surface area contributed by atoms with Crippen molar-refractivity contribution in [1.82, 2.24) is 4.90 Å². The number of rotatable bonds is 4. The number of alkyl halides is 3. The highest BCUT2D eigenvalue weighted by Gasteiger charge is 2.33. The lowest BCUT2D eigenvalue weighted by molar-refractivity contribution is -0.142. The molecule has 0 bridgehead atoms. The highest BCUT2D eigenvalue weighted by Crippen LogP contribution is 2.20. The molecule has 0 saturated heterocycles. The zero-order valence-corrected chi connectivity index (χ0v) is 10.7. The molecule has 2 rings (SSSR count). The molecule has 0 spiro atoms. The Morgan fingerprint density at radius 1 is 1.14 bits per heavy atom. The van der Waals surface area contributed by atoms with E-state index in [0.29, 0.717) is 4.90 Å². The summed E-state index contributed by atoms with van der Waals surface area (Å²) in [5.74, 6) is -1.18. The molecular weight excluding hydrogens is 290 g/mol. The zero-order chi connectivity index (χ0) is 15.5. The molecule has 0 N–H and O–H groups in total. The smallest absolute Gasteiger partial charge is 0.406 e. The van der Waals surface area contributed by atoms with Gasteiger partial charge in [0.2, 0.25) is 0 Å². The first-order valence-corrected chi connectivity index (χ1v) is 5.99. The van der Waals surface area contributed by atoms with Crippen LogP contribution in [-0.2, 0) is 6.54 Å². The van der Waals surface area contributed by atoms with Crippen LogP contribution in [0.25, 0.3) is 0 Å². The predicted octanol–water partition coefficient (Wildman–Crippen LogP) is 3.62. The molecule has 1 aromatic carbocycles. The molecule has 0 aliphatic rings. The Balaban J connectivity index is 2.21. The van der Waals surface area contributed by atoms with Crippen molar-refractivity contribution < 1.29 is 26.8 Å². The van der Waals surface area contributed by atoms with Crippen molar-refractivity contribution >= 4 is 5.91 Å². The maximum Gasteiger partial charge on any atom is 0.406 e. The minimum absolute atomic E-state index is 0.0211. The van der Waals surface area contributed by atoms with E-state index in [-0.39, 0.29) is 17.9 Å². The van der Waals surface area contributed by atoms with E-state index in [4.69, 9.17) is 4.42 Å². The quantitative estimate of drug-likeness (QED) is 0.808. The van der Waals surface area contributed by atoms with E-state index < -0.39 is 24.4 Å². The Morgan fingerprint density at radius 2 is 1.81 bits per heavy atom. The Bertz CT molecular complexity index is 590. The first-order valence-electron chi connectivity index (χ1n) is 5.99. The zero-order valence-electron chi connectivity index (χ0n) is 10.7. The van der Waals surface area contributed by atoms with Gasteiger partial charge in [0.05, 0.1) is 12.8 Å². The van der Waals surface area contributed by atoms with Crippen LogP contribution in [0.3, 0.4) is 0 Å². The summed E-state index contributed by atoms with van der Waals surface area (Å²) in [5, 5.41) is 0. The lowest BCUT2D eigenvalue weighted by Gasteiger charge is -2.23. The van der Waals surface area contributed by atoms with Crippen LogP contribution in [0.4, 0.5) is 17.6 Å². The second-order valence-corrected chi connectivity index (χ2v) is 4.36. The lowest BCUT2D eigenvalue weighted by Crippen LogP contribution is -2.38. The second kappa shape index (κ2) is 5.99. The number of carbonyl (C=O) groups excluding carboxylic acids is 1. The number of hydrogen-bond donors (Lipinski definition) is 0. The van der Waals surface area contributed by atoms with Gasteiger partial charge in [-0.25, -0.2) is 4.39 Å². The molecule has 0 unspecified atom stereocenters. The van der Waals surface area contributed by atoms with Crippen molar-refractivity contribution in [3.8, 4) is 0 Å². The van der Waals surface area contributed by atoms with Crippen molar-refractivity contribution in [3.63, 3.8) is 0 Å². The van der Waals surface area contributed by atoms with Crippen molar-refractivity contribution in [3.05, 3.63) is 59.8 Å². The minimum atomic E-state index is -4.54. The molecule has 0 radical (unpaired) electrons. The maximum atomic E-state index is 12.8. The predicted molar refractivity (Wildman–Crippen MR) is 65.9 cm³/mol. The van der Waals surface area contributed by atoms with E-state index in [1.807, 2.05) is 0 Å². The second-order valence-electron chi connectivity index (χ2n) is 4.36. The summed E-state index contributed by atoms with van der Waals surface area (Å²) in [6, 6.07) is 7.31. The molecule has 0 fully saturated rings. The third kappa shape index (κ3) is 4.34. The minimum Gasteiger partial charge on any atom is -0.467 e. The van der Waals surface area contributed by atoms with Gasteiger partial charge in [-0.15, -0.1) is 0 Å². The van der Waals surface area contributed by atoms with Crippen LogP contribution < -0.4 is 0 Å². The van der Waals surface area contributed by atoms with Crippen LogP contribution >= 0.6 is 0 Å². The number of benzene rings is 1. The highest BCUT2D eigenvalue weighted by molar-refractivity contribution is 5.94. The number of nitrogens with zero attached hydrogens (tertiary/aromatic N) is 1. The van der Waals surface area contributed by atoms with Crippen molar-refractivity contribution in [2.45, 2.75) is 12.7 Å². The van der Waals surface area contributed by atoms with Crippen molar-refractivity contribution in [1.29, 1.82) is 0 Å². The molecule has 1 amide bonds. The molecule has 7 heteroatoms. The molecule has 0 saturated carbocycles. The van der Waals surface area contributed by atoms with Crippen LogP contribution in [0.2, 0.25) is 0 Å². The summed E-state index contributed by atoms with van der Waals surface area (Å²) in [6.45, 7) is -1.73. The highest BCUT2D eigenvalue weighted by atomic mass is 19.4. The van der Waals surface area contributed by atoms with E-state index in [2.05, 4.69) is 0 Å². The first kappa shape index (κ1) is 15.1. The van der Waals surface area contributed by atoms with Crippen LogP contribution in [0.5, 0.6) is 0 Å². The van der Waals surface area contributed by atoms with Gasteiger partial charge in [0, 0.05) is 5.56 Å². The normalized spacial score (nSPS) is 11.4. The summed E-state index contributed by atoms with van der Waals surface area (Å²) >= 11 is 0. The van der Waals surface area contributed by atoms with Gasteiger partial charge >= 0.3 is 6.18 Å². The summed E-state index contributed by atoms with van der Waals surface area (Å²) in [7, 11) is 0. The van der Waals surface area contributed by atoms with E-state index in [9.17, 15) is 22.4 Å². The maximum absolute atomic E-state index is 12.8. The van der Waals surface area contributed by atoms with Crippen molar-refractivity contribution in [2.24, 2.45) is 0 Å². The molecule has 0 aliphatic carbocycles. The number of amides is 1. The summed E-state index contributed by atoms with van der Waals surface area (Å²) in [5.41, 5.74) is -0.0211. The fourth-order valence-electron chi connectivity index (χ4n) is 1.78. The topological polar surface area (TPSA) is 33.5 Å². The van der Waals surface area contributed by atoms with E-state index in [1.165, 1.54) is 18.4 Å². The Hall–Kier alpha value is -2.31. The fraction of sp³-hybridized carbons (Fsp3) is 0.214. The largest absolute Gasteiger partial charge is 0.467 e. The molecule has 0 atom stereocenters. The van der Waals surface area contributed by atoms with Crippen LogP contribution in [0.1, 0.15) is 16.1 Å². The molecular formula is C14H11F4NO2. The average Bonchev–Trinajstić information content (AvgIpc) is 2.89. The number of carbonyl (C=O) groups is 1. The third-order valence-electron chi connectivity index (χ3n) is 2.68. The molecule has 0 aliphatic heterocycles. The standard InChI is InChI=1S/C14H11F4NO2/c15-11-5-3-10(4-6-11)13(20)19(9-14(16,17)18)8-12-2-1-7-21-12/h1-7H,8-9H2. The van der Waals surface area contributed by atoms with Gasteiger partial charge in [-0.3, -0.25) is 4.79 Å². The lowest BCUT2D eigenvalue weighted by atomic mass is 10.2. The average molecular weight is 301 g/mol. The van der Waals surface area contributed by atoms with Gasteiger partial charge in [-0.05, 0) is 36.4 Å². The number of halogens is 4. The molecule has 1 heterocycles. The van der Waals surface area contributed by atoms with E-state index >= 15 is 0 Å². The van der Waals surface area contributed by atoms with Gasteiger partial charge in [0.25, 0.3) is 5.91 Å². The SMILES string of the molecule is O=C(c1ccc(F)cc1)N(Cc1ccco1)CC(F)(F)F. The monoisotopic (exact) mass is 301 g/mol. The number of furan rings is 1. The van der Waals surface area contributed by atoms with E-state index in [1.54, 1.807) is 0 Å². The molecule has 21 heavy (non-hydrogen) atoms. The third-order valence-corrected chi connectivity index (χ3v) is 2.68. The van der Waals surface area contributed by atoms with Gasteiger partial charge in [-0.1, -0.05) is 0 Å². The van der Waals surface area contributed by atoms with Gasteiger partial charge in [0.15, 0.2) is 0 Å². The molecule has 2 aromatic rings. The summed E-state index contributed by atoms with van der Waals surface area (Å²) in [6.07, 6.45) is -3.23. The summed E-state index contributed by atoms with van der Waals surface area (Å²) < 4.78 is 55.5. The fourth-order valence-corrected chi connectivity index (χ4v) is 1.78. The first-order chi connectivity index (χ1) is 9.85. The Morgan fingerprint density at radius 3 is 2.33 bits per heavy atom. The van der Waals surface area contributed by atoms with Crippen LogP contribution in [0.15, 0.2) is 47.1 Å². The molecule has 1 aromatic heterocycles. The Labute approximate surface area is 117 Å². The number of hydrogen-bond acceptors (Lipinski definition) is 2. The van der Waals surface area contributed by atoms with Crippen molar-refractivity contribution in [2.75, 3.05) is 6.54 Å². The summed E-state index contributed by atoms with van der Waals surface area (Å²) in [4.78, 5) is 12.7. The van der Waals surface area contributed by atoms with Crippen LogP contribution in [0, 0.1) is 5.82 Å². The molecule has 112 valence electrons. The van der Waals surface area contributed by atoms with E-state index in [0.717, 1.165) is 24.3 Å². The van der Waals surface area contributed by atoms with Gasteiger partial charge in [0.1, 0.15) is 18.1 Å². The molecule has 3 nitrogen and oxygen atoms in total. The van der Waals surface area contributed by atoms with Gasteiger partial charge in [-0.2, -0.15) is 13.2 Å². The van der Waals surface area contributed by atoms with Crippen LogP contribution in [-0.4, -0.2) is 23.5 Å².